The van der Waals surface area contributed by atoms with Gasteiger partial charge >= 0.3 is 0 Å². The first-order valence-corrected chi connectivity index (χ1v) is 18.1. The lowest BCUT2D eigenvalue weighted by atomic mass is 9.72. The standard InChI is InChI=1S/C37H52N4O8/c1-37(23-27-3-2-4-27)24-34(45)41(36(37)47)25-28-5-10-29(11-6-28)35(46)38-17-20-49-22-21-48-19-16-31(42)39-30-12-7-26(8-13-30)9-14-32(43)40-18-15-33(40)44/h7-8,12-13,27-29H,2-6,9-11,14-25H2,1H3,(H,38,46)(H,39,42). The third-order valence-corrected chi connectivity index (χ3v) is 10.6. The molecule has 2 saturated carbocycles. The van der Waals surface area contributed by atoms with Crippen LogP contribution in [0.2, 0.25) is 0 Å². The number of aryl methyl sites for hydroxylation is 1. The number of rotatable bonds is 18. The molecule has 268 valence electrons. The lowest BCUT2D eigenvalue weighted by molar-refractivity contribution is -0.152. The van der Waals surface area contributed by atoms with Crippen LogP contribution in [-0.4, -0.2) is 91.3 Å². The predicted octanol–water partition coefficient (Wildman–Crippen LogP) is 3.62. The summed E-state index contributed by atoms with van der Waals surface area (Å²) in [5.41, 5.74) is 1.08. The number of β-lactam (4-membered cyclic amide) rings is 1. The largest absolute Gasteiger partial charge is 0.379 e. The van der Waals surface area contributed by atoms with Crippen molar-refractivity contribution in [3.05, 3.63) is 29.8 Å². The first-order valence-electron chi connectivity index (χ1n) is 18.1. The van der Waals surface area contributed by atoms with Crippen LogP contribution in [0.1, 0.15) is 89.5 Å². The number of hydrogen-bond acceptors (Lipinski definition) is 8. The molecule has 0 spiro atoms. The monoisotopic (exact) mass is 680 g/mol. The number of carbonyl (C=O) groups is 6. The number of nitrogens with zero attached hydrogens (tertiary/aromatic N) is 2. The van der Waals surface area contributed by atoms with Gasteiger partial charge < -0.3 is 20.1 Å². The van der Waals surface area contributed by atoms with Gasteiger partial charge in [-0.05, 0) is 68.1 Å². The molecule has 12 heteroatoms. The first kappa shape index (κ1) is 36.6. The molecule has 2 aliphatic carbocycles. The van der Waals surface area contributed by atoms with Gasteiger partial charge in [0, 0.05) is 50.5 Å². The maximum Gasteiger partial charge on any atom is 0.235 e. The minimum Gasteiger partial charge on any atom is -0.379 e. The fraction of sp³-hybridized carbons (Fsp3) is 0.676. The quantitative estimate of drug-likeness (QED) is 0.136. The Balaban J connectivity index is 0.849. The van der Waals surface area contributed by atoms with E-state index in [0.717, 1.165) is 37.7 Å². The summed E-state index contributed by atoms with van der Waals surface area (Å²) in [6.07, 6.45) is 9.37. The van der Waals surface area contributed by atoms with Crippen molar-refractivity contribution in [3.8, 4) is 0 Å². The molecular weight excluding hydrogens is 628 g/mol. The summed E-state index contributed by atoms with van der Waals surface area (Å²) in [6.45, 7) is 4.68. The fourth-order valence-corrected chi connectivity index (χ4v) is 7.31. The molecule has 4 aliphatic rings. The number of ether oxygens (including phenoxy) is 2. The van der Waals surface area contributed by atoms with Crippen molar-refractivity contribution in [2.24, 2.45) is 23.2 Å². The summed E-state index contributed by atoms with van der Waals surface area (Å²) in [7, 11) is 0. The smallest absolute Gasteiger partial charge is 0.235 e. The molecule has 49 heavy (non-hydrogen) atoms. The van der Waals surface area contributed by atoms with Crippen molar-refractivity contribution in [1.82, 2.24) is 15.1 Å². The van der Waals surface area contributed by atoms with Gasteiger partial charge in [0.1, 0.15) is 0 Å². The van der Waals surface area contributed by atoms with E-state index in [1.807, 2.05) is 19.1 Å². The zero-order valence-corrected chi connectivity index (χ0v) is 28.8. The van der Waals surface area contributed by atoms with E-state index in [0.29, 0.717) is 70.3 Å². The third-order valence-electron chi connectivity index (χ3n) is 10.6. The van der Waals surface area contributed by atoms with Crippen LogP contribution in [0.5, 0.6) is 0 Å². The van der Waals surface area contributed by atoms with E-state index in [4.69, 9.17) is 9.47 Å². The van der Waals surface area contributed by atoms with Crippen LogP contribution in [0.3, 0.4) is 0 Å². The average Bonchev–Trinajstić information content (AvgIpc) is 3.27. The molecule has 4 fully saturated rings. The molecule has 0 bridgehead atoms. The number of anilines is 1. The van der Waals surface area contributed by atoms with Crippen LogP contribution in [-0.2, 0) is 44.7 Å². The van der Waals surface area contributed by atoms with Gasteiger partial charge in [0.15, 0.2) is 0 Å². The Kier molecular flexibility index (Phi) is 13.0. The molecule has 2 aliphatic heterocycles. The minimum absolute atomic E-state index is 0.00435. The summed E-state index contributed by atoms with van der Waals surface area (Å²) in [6, 6.07) is 7.30. The van der Waals surface area contributed by atoms with Crippen molar-refractivity contribution in [3.63, 3.8) is 0 Å². The highest BCUT2D eigenvalue weighted by Crippen LogP contribution is 2.44. The Morgan fingerprint density at radius 1 is 0.857 bits per heavy atom. The molecule has 1 atom stereocenters. The van der Waals surface area contributed by atoms with E-state index in [2.05, 4.69) is 10.6 Å². The molecule has 0 radical (unpaired) electrons. The van der Waals surface area contributed by atoms with E-state index in [9.17, 15) is 28.8 Å². The van der Waals surface area contributed by atoms with Gasteiger partial charge in [-0.2, -0.15) is 0 Å². The molecule has 2 saturated heterocycles. The molecule has 2 N–H and O–H groups in total. The van der Waals surface area contributed by atoms with Crippen molar-refractivity contribution in [2.45, 2.75) is 90.4 Å². The first-order chi connectivity index (χ1) is 23.6. The van der Waals surface area contributed by atoms with Gasteiger partial charge in [0.2, 0.25) is 35.4 Å². The molecule has 1 aromatic rings. The molecule has 6 amide bonds. The van der Waals surface area contributed by atoms with Crippen molar-refractivity contribution in [2.75, 3.05) is 51.4 Å². The Bertz CT molecular complexity index is 1350. The predicted molar refractivity (Wildman–Crippen MR) is 181 cm³/mol. The SMILES string of the molecule is CC1(CC2CCC2)CC(=O)N(CC2CCC(C(=O)NCCOCCOCCC(=O)Nc3ccc(CCC(=O)N4CCC4=O)cc3)CC2)C1=O. The summed E-state index contributed by atoms with van der Waals surface area (Å²) >= 11 is 0. The number of likely N-dealkylation sites (tertiary alicyclic amines) is 2. The van der Waals surface area contributed by atoms with E-state index in [1.165, 1.54) is 29.1 Å². The normalized spacial score (nSPS) is 24.1. The highest BCUT2D eigenvalue weighted by atomic mass is 16.5. The number of imide groups is 2. The van der Waals surface area contributed by atoms with Gasteiger partial charge in [-0.3, -0.25) is 38.6 Å². The van der Waals surface area contributed by atoms with Crippen LogP contribution in [0, 0.1) is 23.2 Å². The highest BCUT2D eigenvalue weighted by Gasteiger charge is 2.50. The van der Waals surface area contributed by atoms with Crippen LogP contribution in [0.15, 0.2) is 24.3 Å². The van der Waals surface area contributed by atoms with Crippen molar-refractivity contribution >= 4 is 41.1 Å². The van der Waals surface area contributed by atoms with E-state index in [-0.39, 0.29) is 66.7 Å². The Hall–Kier alpha value is -3.64. The molecule has 1 unspecified atom stereocenters. The van der Waals surface area contributed by atoms with Gasteiger partial charge in [0.25, 0.3) is 0 Å². The van der Waals surface area contributed by atoms with Crippen LogP contribution < -0.4 is 10.6 Å². The molecule has 5 rings (SSSR count). The number of carbonyl (C=O) groups excluding carboxylic acids is 6. The van der Waals surface area contributed by atoms with E-state index in [1.54, 1.807) is 12.1 Å². The van der Waals surface area contributed by atoms with Crippen molar-refractivity contribution in [1.29, 1.82) is 0 Å². The number of nitrogens with one attached hydrogen (secondary N) is 2. The second-order valence-electron chi connectivity index (χ2n) is 14.5. The van der Waals surface area contributed by atoms with Gasteiger partial charge in [-0.15, -0.1) is 0 Å². The maximum atomic E-state index is 13.1. The number of hydrogen-bond donors (Lipinski definition) is 2. The summed E-state index contributed by atoms with van der Waals surface area (Å²) in [5.74, 6) is 0.345. The lowest BCUT2D eigenvalue weighted by Gasteiger charge is -2.33. The zero-order chi connectivity index (χ0) is 34.8. The van der Waals surface area contributed by atoms with Gasteiger partial charge in [-0.25, -0.2) is 0 Å². The van der Waals surface area contributed by atoms with Crippen LogP contribution in [0.25, 0.3) is 0 Å². The second-order valence-corrected chi connectivity index (χ2v) is 14.5. The highest BCUT2D eigenvalue weighted by molar-refractivity contribution is 6.05. The maximum absolute atomic E-state index is 13.1. The Labute approximate surface area is 289 Å². The second kappa shape index (κ2) is 17.3. The Morgan fingerprint density at radius 2 is 1.57 bits per heavy atom. The third kappa shape index (κ3) is 10.2. The van der Waals surface area contributed by atoms with E-state index >= 15 is 0 Å². The van der Waals surface area contributed by atoms with Crippen LogP contribution in [0.4, 0.5) is 5.69 Å². The molecule has 2 heterocycles. The summed E-state index contributed by atoms with van der Waals surface area (Å²) < 4.78 is 11.1. The average molecular weight is 681 g/mol. The Morgan fingerprint density at radius 3 is 2.20 bits per heavy atom. The zero-order valence-electron chi connectivity index (χ0n) is 28.8. The molecule has 12 nitrogen and oxygen atoms in total. The fourth-order valence-electron chi connectivity index (χ4n) is 7.31. The number of amides is 6. The van der Waals surface area contributed by atoms with Crippen LogP contribution >= 0.6 is 0 Å². The molecule has 1 aromatic carbocycles. The van der Waals surface area contributed by atoms with Gasteiger partial charge in [0.05, 0.1) is 38.3 Å². The number of benzene rings is 1. The summed E-state index contributed by atoms with van der Waals surface area (Å²) in [4.78, 5) is 77.0. The minimum atomic E-state index is -0.538. The van der Waals surface area contributed by atoms with Gasteiger partial charge in [-0.1, -0.05) is 38.3 Å². The lowest BCUT2D eigenvalue weighted by Crippen LogP contribution is -2.47. The van der Waals surface area contributed by atoms with Crippen molar-refractivity contribution < 1.29 is 38.2 Å². The molecular formula is C37H52N4O8. The van der Waals surface area contributed by atoms with E-state index < -0.39 is 5.41 Å². The topological polar surface area (TPSA) is 151 Å². The summed E-state index contributed by atoms with van der Waals surface area (Å²) in [5, 5.41) is 5.78. The molecule has 0 aromatic heterocycles.